The molecule has 0 radical (unpaired) electrons. The lowest BCUT2D eigenvalue weighted by molar-refractivity contribution is -0.132. The number of likely N-dealkylation sites (N-methyl/N-ethyl adjacent to an activating group) is 1. The van der Waals surface area contributed by atoms with Gasteiger partial charge in [-0.25, -0.2) is 8.42 Å². The molecule has 2 unspecified atom stereocenters. The summed E-state index contributed by atoms with van der Waals surface area (Å²) in [6, 6.07) is 4.39. The van der Waals surface area contributed by atoms with Crippen molar-refractivity contribution in [3.63, 3.8) is 0 Å². The Morgan fingerprint density at radius 1 is 1.30 bits per heavy atom. The third-order valence-electron chi connectivity index (χ3n) is 5.96. The van der Waals surface area contributed by atoms with Gasteiger partial charge in [0.25, 0.3) is 0 Å². The van der Waals surface area contributed by atoms with Gasteiger partial charge < -0.3 is 4.90 Å². The van der Waals surface area contributed by atoms with E-state index in [1.54, 1.807) is 24.1 Å². The number of benzene rings is 1. The van der Waals surface area contributed by atoms with Gasteiger partial charge in [-0.05, 0) is 30.9 Å². The van der Waals surface area contributed by atoms with Crippen LogP contribution < -0.4 is 5.32 Å². The summed E-state index contributed by atoms with van der Waals surface area (Å²) >= 11 is 12.1. The monoisotopic (exact) mass is 433 g/mol. The molecule has 0 bridgehead atoms. The number of carbonyl (C=O) groups is 1. The highest BCUT2D eigenvalue weighted by molar-refractivity contribution is 7.89. The Balaban J connectivity index is 1.79. The molecule has 27 heavy (non-hydrogen) atoms. The zero-order valence-corrected chi connectivity index (χ0v) is 18.0. The van der Waals surface area contributed by atoms with Gasteiger partial charge in [0.1, 0.15) is 4.90 Å². The van der Waals surface area contributed by atoms with Gasteiger partial charge in [-0.1, -0.05) is 49.5 Å². The summed E-state index contributed by atoms with van der Waals surface area (Å²) in [4.78, 5) is 14.4. The van der Waals surface area contributed by atoms with E-state index in [-0.39, 0.29) is 32.8 Å². The number of hydrogen-bond acceptors (Lipinski definition) is 4. The number of halogens is 2. The molecule has 1 spiro atoms. The summed E-state index contributed by atoms with van der Waals surface area (Å²) in [5, 5.41) is 3.75. The van der Waals surface area contributed by atoms with E-state index in [1.807, 2.05) is 0 Å². The predicted molar refractivity (Wildman–Crippen MR) is 106 cm³/mol. The van der Waals surface area contributed by atoms with Gasteiger partial charge in [-0.15, -0.1) is 0 Å². The molecule has 2 saturated heterocycles. The van der Waals surface area contributed by atoms with Crippen molar-refractivity contribution in [3.8, 4) is 0 Å². The third kappa shape index (κ3) is 3.49. The van der Waals surface area contributed by atoms with Crippen LogP contribution in [0.2, 0.25) is 10.0 Å². The number of nitrogens with one attached hydrogen (secondary N) is 1. The topological polar surface area (TPSA) is 69.7 Å². The largest absolute Gasteiger partial charge is 0.326 e. The molecule has 6 nitrogen and oxygen atoms in total. The highest BCUT2D eigenvalue weighted by Crippen LogP contribution is 2.37. The molecular weight excluding hydrogens is 409 g/mol. The molecule has 1 amide bonds. The number of nitrogens with zero attached hydrogens (tertiary/aromatic N) is 2. The average Bonchev–Trinajstić information content (AvgIpc) is 2.89. The number of carbonyl (C=O) groups excluding carboxylic acids is 1. The zero-order chi connectivity index (χ0) is 20.0. The van der Waals surface area contributed by atoms with E-state index in [1.165, 1.54) is 10.4 Å². The summed E-state index contributed by atoms with van der Waals surface area (Å²) in [6.07, 6.45) is 1.96. The Morgan fingerprint density at radius 3 is 2.52 bits per heavy atom. The molecule has 9 heteroatoms. The van der Waals surface area contributed by atoms with Gasteiger partial charge in [0.2, 0.25) is 15.9 Å². The second-order valence-electron chi connectivity index (χ2n) is 7.39. The van der Waals surface area contributed by atoms with Gasteiger partial charge in [0.05, 0.1) is 21.7 Å². The number of sulfonamides is 1. The standard InChI is InChI=1S/C18H25Cl2N3O3S/c1-4-12(2)16-17(24)22(3)18(21-16)8-10-23(11-9-18)27(25,26)14-7-5-6-13(19)15(14)20/h5-7,12,16,21H,4,8-11H2,1-3H3. The van der Waals surface area contributed by atoms with Crippen LogP contribution in [0.4, 0.5) is 0 Å². The quantitative estimate of drug-likeness (QED) is 0.791. The zero-order valence-electron chi connectivity index (χ0n) is 15.7. The summed E-state index contributed by atoms with van der Waals surface area (Å²) in [6.45, 7) is 4.74. The van der Waals surface area contributed by atoms with Gasteiger partial charge >= 0.3 is 0 Å². The first-order valence-electron chi connectivity index (χ1n) is 9.13. The number of hydrogen-bond donors (Lipinski definition) is 1. The smallest absolute Gasteiger partial charge is 0.244 e. The lowest BCUT2D eigenvalue weighted by atomic mass is 9.96. The number of amides is 1. The fraction of sp³-hybridized carbons (Fsp3) is 0.611. The first-order chi connectivity index (χ1) is 12.6. The van der Waals surface area contributed by atoms with Crippen LogP contribution >= 0.6 is 23.2 Å². The lowest BCUT2D eigenvalue weighted by Gasteiger charge is -2.42. The van der Waals surface area contributed by atoms with E-state index in [0.717, 1.165) is 6.42 Å². The second kappa shape index (κ2) is 7.52. The molecule has 1 aromatic carbocycles. The summed E-state index contributed by atoms with van der Waals surface area (Å²) < 4.78 is 27.4. The van der Waals surface area contributed by atoms with Crippen LogP contribution in [-0.2, 0) is 14.8 Å². The van der Waals surface area contributed by atoms with Crippen molar-refractivity contribution in [1.82, 2.24) is 14.5 Å². The van der Waals surface area contributed by atoms with Crippen molar-refractivity contribution in [2.75, 3.05) is 20.1 Å². The van der Waals surface area contributed by atoms with Crippen molar-refractivity contribution in [3.05, 3.63) is 28.2 Å². The SMILES string of the molecule is CCC(C)C1NC2(CCN(S(=O)(=O)c3cccc(Cl)c3Cl)CC2)N(C)C1=O. The molecule has 2 heterocycles. The molecular formula is C18H25Cl2N3O3S. The first-order valence-corrected chi connectivity index (χ1v) is 11.3. The molecule has 2 aliphatic heterocycles. The van der Waals surface area contributed by atoms with Gasteiger partial charge in [0, 0.05) is 20.1 Å². The number of rotatable bonds is 4. The molecule has 0 aliphatic carbocycles. The van der Waals surface area contributed by atoms with Gasteiger partial charge in [0.15, 0.2) is 0 Å². The van der Waals surface area contributed by atoms with Crippen LogP contribution in [0.5, 0.6) is 0 Å². The molecule has 0 saturated carbocycles. The van der Waals surface area contributed by atoms with Crippen molar-refractivity contribution >= 4 is 39.1 Å². The van der Waals surface area contributed by atoms with E-state index in [0.29, 0.717) is 25.9 Å². The Hall–Kier alpha value is -0.860. The fourth-order valence-corrected chi connectivity index (χ4v) is 6.06. The van der Waals surface area contributed by atoms with Crippen LogP contribution in [0, 0.1) is 5.92 Å². The molecule has 2 aliphatic rings. The minimum Gasteiger partial charge on any atom is -0.326 e. The summed E-state index contributed by atoms with van der Waals surface area (Å²) in [5.74, 6) is 0.310. The molecule has 0 aromatic heterocycles. The van der Waals surface area contributed by atoms with E-state index in [4.69, 9.17) is 23.2 Å². The molecule has 1 N–H and O–H groups in total. The average molecular weight is 434 g/mol. The second-order valence-corrected chi connectivity index (χ2v) is 10.1. The van der Waals surface area contributed by atoms with Crippen LogP contribution in [-0.4, -0.2) is 55.4 Å². The molecule has 3 rings (SSSR count). The van der Waals surface area contributed by atoms with E-state index < -0.39 is 15.7 Å². The van der Waals surface area contributed by atoms with Crippen LogP contribution in [0.1, 0.15) is 33.1 Å². The highest BCUT2D eigenvalue weighted by Gasteiger charge is 2.51. The highest BCUT2D eigenvalue weighted by atomic mass is 35.5. The van der Waals surface area contributed by atoms with Crippen LogP contribution in [0.3, 0.4) is 0 Å². The van der Waals surface area contributed by atoms with Crippen LogP contribution in [0.15, 0.2) is 23.1 Å². The van der Waals surface area contributed by atoms with Crippen molar-refractivity contribution < 1.29 is 13.2 Å². The molecule has 2 fully saturated rings. The lowest BCUT2D eigenvalue weighted by Crippen LogP contribution is -2.58. The maximum absolute atomic E-state index is 13.0. The number of piperidine rings is 1. The van der Waals surface area contributed by atoms with E-state index in [9.17, 15) is 13.2 Å². The Labute approximate surface area is 170 Å². The van der Waals surface area contributed by atoms with E-state index in [2.05, 4.69) is 19.2 Å². The van der Waals surface area contributed by atoms with E-state index >= 15 is 0 Å². The minimum absolute atomic E-state index is 0.0221. The van der Waals surface area contributed by atoms with Crippen LogP contribution in [0.25, 0.3) is 0 Å². The maximum Gasteiger partial charge on any atom is 0.244 e. The third-order valence-corrected chi connectivity index (χ3v) is 8.83. The predicted octanol–water partition coefficient (Wildman–Crippen LogP) is 2.95. The van der Waals surface area contributed by atoms with Crippen molar-refractivity contribution in [2.24, 2.45) is 5.92 Å². The molecule has 2 atom stereocenters. The summed E-state index contributed by atoms with van der Waals surface area (Å²) in [7, 11) is -1.94. The Bertz CT molecular complexity index is 838. The normalized spacial score (nSPS) is 24.6. The van der Waals surface area contributed by atoms with Crippen molar-refractivity contribution in [2.45, 2.75) is 49.7 Å². The Morgan fingerprint density at radius 2 is 1.93 bits per heavy atom. The maximum atomic E-state index is 13.0. The fourth-order valence-electron chi connectivity index (χ4n) is 3.89. The summed E-state index contributed by atoms with van der Waals surface area (Å²) in [5.41, 5.74) is -0.491. The molecule has 1 aromatic rings. The van der Waals surface area contributed by atoms with Crippen molar-refractivity contribution in [1.29, 1.82) is 0 Å². The minimum atomic E-state index is -3.74. The van der Waals surface area contributed by atoms with Gasteiger partial charge in [-0.2, -0.15) is 4.31 Å². The Kier molecular flexibility index (Phi) is 5.81. The first kappa shape index (κ1) is 20.9. The van der Waals surface area contributed by atoms with Gasteiger partial charge in [-0.3, -0.25) is 10.1 Å². The molecule has 150 valence electrons.